The van der Waals surface area contributed by atoms with E-state index in [1.54, 1.807) is 0 Å². The molecule has 5 nitrogen and oxygen atoms in total. The minimum absolute atomic E-state index is 0.00305. The minimum Gasteiger partial charge on any atom is -0.494 e. The lowest BCUT2D eigenvalue weighted by Crippen LogP contribution is -2.00. The average molecular weight is 255 g/mol. The first-order valence-electron chi connectivity index (χ1n) is 4.61. The Morgan fingerprint density at radius 1 is 1.29 bits per heavy atom. The Bertz CT molecular complexity index is 544. The van der Waals surface area contributed by atoms with Gasteiger partial charge in [0.1, 0.15) is 0 Å². The number of halogens is 2. The van der Waals surface area contributed by atoms with E-state index >= 15 is 0 Å². The van der Waals surface area contributed by atoms with Crippen molar-refractivity contribution in [3.8, 4) is 17.1 Å². The van der Waals surface area contributed by atoms with Crippen molar-refractivity contribution in [2.75, 3.05) is 12.8 Å². The monoisotopic (exact) mass is 254 g/mol. The quantitative estimate of drug-likeness (QED) is 0.886. The third kappa shape index (κ3) is 2.42. The Labute approximate surface area is 101 Å². The van der Waals surface area contributed by atoms with Gasteiger partial charge >= 0.3 is 0 Å². The molecule has 0 fully saturated rings. The van der Waals surface area contributed by atoms with Gasteiger partial charge in [0, 0.05) is 5.56 Å². The van der Waals surface area contributed by atoms with E-state index in [0.717, 1.165) is 0 Å². The number of benzene rings is 1. The van der Waals surface area contributed by atoms with Crippen LogP contribution in [0.1, 0.15) is 0 Å². The number of hydrogen-bond acceptors (Lipinski definition) is 5. The van der Waals surface area contributed by atoms with Crippen molar-refractivity contribution in [3.05, 3.63) is 29.3 Å². The smallest absolute Gasteiger partial charge is 0.227 e. The normalized spacial score (nSPS) is 10.3. The van der Waals surface area contributed by atoms with Crippen LogP contribution in [0.2, 0.25) is 5.28 Å². The van der Waals surface area contributed by atoms with E-state index in [0.29, 0.717) is 5.56 Å². The summed E-state index contributed by atoms with van der Waals surface area (Å²) in [6.07, 6.45) is 0. The van der Waals surface area contributed by atoms with Gasteiger partial charge in [-0.25, -0.2) is 4.39 Å². The Morgan fingerprint density at radius 2 is 2.06 bits per heavy atom. The summed E-state index contributed by atoms with van der Waals surface area (Å²) in [5.74, 6) is -0.105. The van der Waals surface area contributed by atoms with Crippen LogP contribution in [0.4, 0.5) is 10.3 Å². The van der Waals surface area contributed by atoms with Crippen molar-refractivity contribution in [2.45, 2.75) is 0 Å². The Morgan fingerprint density at radius 3 is 2.71 bits per heavy atom. The maximum Gasteiger partial charge on any atom is 0.227 e. The van der Waals surface area contributed by atoms with E-state index in [1.165, 1.54) is 25.3 Å². The molecule has 0 radical (unpaired) electrons. The zero-order valence-corrected chi connectivity index (χ0v) is 9.57. The molecule has 1 aromatic carbocycles. The molecule has 0 aliphatic carbocycles. The van der Waals surface area contributed by atoms with Crippen LogP contribution in [0.3, 0.4) is 0 Å². The van der Waals surface area contributed by atoms with E-state index < -0.39 is 5.82 Å². The van der Waals surface area contributed by atoms with Crippen molar-refractivity contribution in [2.24, 2.45) is 0 Å². The lowest BCUT2D eigenvalue weighted by atomic mass is 10.2. The molecule has 88 valence electrons. The molecule has 7 heteroatoms. The van der Waals surface area contributed by atoms with Crippen LogP contribution in [0.15, 0.2) is 18.2 Å². The molecule has 1 heterocycles. The van der Waals surface area contributed by atoms with Crippen LogP contribution in [-0.2, 0) is 0 Å². The summed E-state index contributed by atoms with van der Waals surface area (Å²) in [4.78, 5) is 11.4. The van der Waals surface area contributed by atoms with Gasteiger partial charge in [0.15, 0.2) is 17.4 Å². The fourth-order valence-electron chi connectivity index (χ4n) is 1.29. The topological polar surface area (TPSA) is 73.9 Å². The SMILES string of the molecule is COc1cc(-c2nc(N)nc(Cl)n2)ccc1F. The molecule has 2 aromatic rings. The van der Waals surface area contributed by atoms with E-state index in [1.807, 2.05) is 0 Å². The lowest BCUT2D eigenvalue weighted by Gasteiger charge is -2.05. The zero-order chi connectivity index (χ0) is 12.4. The minimum atomic E-state index is -0.468. The van der Waals surface area contributed by atoms with E-state index in [-0.39, 0.29) is 22.8 Å². The van der Waals surface area contributed by atoms with E-state index in [2.05, 4.69) is 15.0 Å². The molecule has 0 aliphatic heterocycles. The van der Waals surface area contributed by atoms with Gasteiger partial charge in [0.05, 0.1) is 7.11 Å². The first kappa shape index (κ1) is 11.5. The summed E-state index contributed by atoms with van der Waals surface area (Å²) in [5, 5.41) is -0.0178. The van der Waals surface area contributed by atoms with Gasteiger partial charge in [0.25, 0.3) is 0 Å². The fourth-order valence-corrected chi connectivity index (χ4v) is 1.46. The number of nitrogens with two attached hydrogens (primary N) is 1. The molecular weight excluding hydrogens is 247 g/mol. The summed E-state index contributed by atoms with van der Waals surface area (Å²) in [5.41, 5.74) is 5.99. The van der Waals surface area contributed by atoms with Crippen LogP contribution in [-0.4, -0.2) is 22.1 Å². The van der Waals surface area contributed by atoms with Gasteiger partial charge in [-0.05, 0) is 29.8 Å². The molecule has 0 unspecified atom stereocenters. The number of rotatable bonds is 2. The van der Waals surface area contributed by atoms with Gasteiger partial charge in [-0.15, -0.1) is 0 Å². The van der Waals surface area contributed by atoms with Crippen LogP contribution < -0.4 is 10.5 Å². The summed E-state index contributed by atoms with van der Waals surface area (Å²) in [6.45, 7) is 0. The summed E-state index contributed by atoms with van der Waals surface area (Å²) < 4.78 is 18.1. The van der Waals surface area contributed by atoms with Crippen LogP contribution in [0.25, 0.3) is 11.4 Å². The number of nitrogens with zero attached hydrogens (tertiary/aromatic N) is 3. The van der Waals surface area contributed by atoms with Crippen molar-refractivity contribution in [1.29, 1.82) is 0 Å². The van der Waals surface area contributed by atoms with Crippen LogP contribution in [0, 0.1) is 5.82 Å². The maximum atomic E-state index is 13.2. The second kappa shape index (κ2) is 4.50. The molecule has 0 aliphatic rings. The third-order valence-electron chi connectivity index (χ3n) is 2.03. The third-order valence-corrected chi connectivity index (χ3v) is 2.20. The Hall–Kier alpha value is -1.95. The number of aromatic nitrogens is 3. The molecular formula is C10H8ClFN4O. The molecule has 0 amide bonds. The van der Waals surface area contributed by atoms with Crippen LogP contribution >= 0.6 is 11.6 Å². The Kier molecular flexibility index (Phi) is 3.06. The number of hydrogen-bond donors (Lipinski definition) is 1. The van der Waals surface area contributed by atoms with Crippen molar-refractivity contribution in [3.63, 3.8) is 0 Å². The predicted molar refractivity (Wildman–Crippen MR) is 61.2 cm³/mol. The Balaban J connectivity index is 2.52. The van der Waals surface area contributed by atoms with Gasteiger partial charge < -0.3 is 10.5 Å². The van der Waals surface area contributed by atoms with E-state index in [4.69, 9.17) is 22.1 Å². The maximum absolute atomic E-state index is 13.2. The van der Waals surface area contributed by atoms with Crippen LogP contribution in [0.5, 0.6) is 5.75 Å². The largest absolute Gasteiger partial charge is 0.494 e. The molecule has 0 saturated carbocycles. The molecule has 17 heavy (non-hydrogen) atoms. The van der Waals surface area contributed by atoms with Crippen molar-refractivity contribution < 1.29 is 9.13 Å². The van der Waals surface area contributed by atoms with Gasteiger partial charge in [-0.2, -0.15) is 15.0 Å². The second-order valence-electron chi connectivity index (χ2n) is 3.14. The lowest BCUT2D eigenvalue weighted by molar-refractivity contribution is 0.387. The molecule has 1 aromatic heterocycles. The van der Waals surface area contributed by atoms with E-state index in [9.17, 15) is 4.39 Å². The molecule has 2 N–H and O–H groups in total. The van der Waals surface area contributed by atoms with Gasteiger partial charge in [0.2, 0.25) is 11.2 Å². The summed E-state index contributed by atoms with van der Waals surface area (Å²) in [6, 6.07) is 4.21. The molecule has 0 spiro atoms. The summed E-state index contributed by atoms with van der Waals surface area (Å²) >= 11 is 5.66. The van der Waals surface area contributed by atoms with Gasteiger partial charge in [-0.1, -0.05) is 0 Å². The van der Waals surface area contributed by atoms with Gasteiger partial charge in [-0.3, -0.25) is 0 Å². The highest BCUT2D eigenvalue weighted by Gasteiger charge is 2.09. The molecule has 2 rings (SSSR count). The second-order valence-corrected chi connectivity index (χ2v) is 3.47. The zero-order valence-electron chi connectivity index (χ0n) is 8.82. The average Bonchev–Trinajstić information content (AvgIpc) is 2.28. The number of anilines is 1. The first-order valence-corrected chi connectivity index (χ1v) is 4.99. The highest BCUT2D eigenvalue weighted by Crippen LogP contribution is 2.24. The molecule has 0 saturated heterocycles. The number of methoxy groups -OCH3 is 1. The predicted octanol–water partition coefficient (Wildman–Crippen LogP) is 1.92. The highest BCUT2D eigenvalue weighted by atomic mass is 35.5. The number of nitrogen functional groups attached to an aromatic ring is 1. The summed E-state index contributed by atoms with van der Waals surface area (Å²) in [7, 11) is 1.37. The standard InChI is InChI=1S/C10H8ClFN4O/c1-17-7-4-5(2-3-6(7)12)8-14-9(11)16-10(13)15-8/h2-4H,1H3,(H2,13,14,15,16). The molecule has 0 atom stereocenters. The number of ether oxygens (including phenoxy) is 1. The highest BCUT2D eigenvalue weighted by molar-refractivity contribution is 6.28. The molecule has 0 bridgehead atoms. The fraction of sp³-hybridized carbons (Fsp3) is 0.100. The van der Waals surface area contributed by atoms with Crippen molar-refractivity contribution >= 4 is 17.5 Å². The first-order chi connectivity index (χ1) is 8.10. The van der Waals surface area contributed by atoms with Crippen molar-refractivity contribution in [1.82, 2.24) is 15.0 Å².